The summed E-state index contributed by atoms with van der Waals surface area (Å²) in [5.41, 5.74) is 0.994. The van der Waals surface area contributed by atoms with Gasteiger partial charge in [0.1, 0.15) is 6.26 Å². The lowest BCUT2D eigenvalue weighted by molar-refractivity contribution is 0.397. The molecule has 0 atom stereocenters. The molecule has 5 nitrogen and oxygen atoms in total. The Kier molecular flexibility index (Phi) is 3.47. The van der Waals surface area contributed by atoms with Crippen molar-refractivity contribution in [1.29, 1.82) is 0 Å². The molecule has 18 heavy (non-hydrogen) atoms. The van der Waals surface area contributed by atoms with E-state index in [4.69, 9.17) is 4.74 Å². The number of sulfonamides is 1. The van der Waals surface area contributed by atoms with Crippen molar-refractivity contribution in [1.82, 2.24) is 4.72 Å². The van der Waals surface area contributed by atoms with Crippen LogP contribution in [-0.2, 0) is 14.8 Å². The van der Waals surface area contributed by atoms with E-state index in [0.29, 0.717) is 0 Å². The van der Waals surface area contributed by atoms with E-state index in [1.54, 1.807) is 18.2 Å². The van der Waals surface area contributed by atoms with E-state index in [-0.39, 0.29) is 10.7 Å². The number of nitrogens with zero attached hydrogens (tertiary/aromatic N) is 1. The summed E-state index contributed by atoms with van der Waals surface area (Å²) < 4.78 is 31.3. The predicted octanol–water partition coefficient (Wildman–Crippen LogP) is 1.69. The maximum absolute atomic E-state index is 12.0. The number of ether oxygens (including phenoxy) is 1. The number of nitrogens with one attached hydrogen (secondary N) is 1. The summed E-state index contributed by atoms with van der Waals surface area (Å²) >= 11 is 0. The Morgan fingerprint density at radius 2 is 1.94 bits per heavy atom. The summed E-state index contributed by atoms with van der Waals surface area (Å²) in [6.07, 6.45) is 5.63. The molecule has 0 amide bonds. The van der Waals surface area contributed by atoms with Gasteiger partial charge in [-0.25, -0.2) is 13.4 Å². The third-order valence-corrected chi connectivity index (χ3v) is 3.58. The lowest BCUT2D eigenvalue weighted by atomic mass is 10.2. The van der Waals surface area contributed by atoms with Crippen LogP contribution in [0.2, 0.25) is 0 Å². The number of aliphatic imine (C=N–C) groups is 1. The van der Waals surface area contributed by atoms with E-state index in [1.165, 1.54) is 30.9 Å². The largest absolute Gasteiger partial charge is 0.469 e. The van der Waals surface area contributed by atoms with Crippen molar-refractivity contribution in [2.75, 3.05) is 0 Å². The van der Waals surface area contributed by atoms with Gasteiger partial charge >= 0.3 is 0 Å². The highest BCUT2D eigenvalue weighted by Gasteiger charge is 2.15. The fraction of sp³-hybridized carbons (Fsp3) is 0.0833. The van der Waals surface area contributed by atoms with Crippen LogP contribution in [0.5, 0.6) is 0 Å². The van der Waals surface area contributed by atoms with Crippen molar-refractivity contribution in [3.8, 4) is 0 Å². The van der Waals surface area contributed by atoms with Crippen LogP contribution in [0.15, 0.2) is 58.6 Å². The molecule has 1 aromatic carbocycles. The average molecular weight is 264 g/mol. The summed E-state index contributed by atoms with van der Waals surface area (Å²) in [4.78, 5) is 4.07. The molecule has 1 aliphatic heterocycles. The Balaban J connectivity index is 2.22. The smallest absolute Gasteiger partial charge is 0.263 e. The molecule has 1 N–H and O–H groups in total. The van der Waals surface area contributed by atoms with E-state index in [1.807, 2.05) is 6.92 Å². The van der Waals surface area contributed by atoms with Crippen LogP contribution in [0.4, 0.5) is 0 Å². The van der Waals surface area contributed by atoms with Crippen LogP contribution < -0.4 is 4.72 Å². The Labute approximate surface area is 106 Å². The summed E-state index contributed by atoms with van der Waals surface area (Å²) in [5, 5.41) is 0. The highest BCUT2D eigenvalue weighted by atomic mass is 32.2. The Bertz CT molecular complexity index is 613. The Morgan fingerprint density at radius 1 is 1.22 bits per heavy atom. The lowest BCUT2D eigenvalue weighted by Crippen LogP contribution is -2.22. The topological polar surface area (TPSA) is 67.8 Å². The summed E-state index contributed by atoms with van der Waals surface area (Å²) in [6, 6.07) is 6.55. The fourth-order valence-electron chi connectivity index (χ4n) is 1.30. The van der Waals surface area contributed by atoms with E-state index >= 15 is 0 Å². The maximum atomic E-state index is 12.0. The Hall–Kier alpha value is -2.08. The molecule has 94 valence electrons. The van der Waals surface area contributed by atoms with E-state index in [9.17, 15) is 8.42 Å². The summed E-state index contributed by atoms with van der Waals surface area (Å²) in [5.74, 6) is 0.126. The first-order chi connectivity index (χ1) is 8.58. The SMILES string of the molecule is Cc1ccc(S(=O)(=O)NC2=COC=CC=N2)cc1. The van der Waals surface area contributed by atoms with Gasteiger partial charge in [-0.1, -0.05) is 17.7 Å². The second-order valence-corrected chi connectivity index (χ2v) is 5.35. The van der Waals surface area contributed by atoms with Gasteiger partial charge in [0.25, 0.3) is 10.0 Å². The molecule has 6 heteroatoms. The lowest BCUT2D eigenvalue weighted by Gasteiger charge is -2.07. The van der Waals surface area contributed by atoms with Crippen molar-refractivity contribution in [2.45, 2.75) is 11.8 Å². The van der Waals surface area contributed by atoms with Crippen LogP contribution >= 0.6 is 0 Å². The van der Waals surface area contributed by atoms with E-state index < -0.39 is 10.0 Å². The highest BCUT2D eigenvalue weighted by molar-refractivity contribution is 7.89. The average Bonchev–Trinajstić information content (AvgIpc) is 2.57. The minimum Gasteiger partial charge on any atom is -0.469 e. The molecule has 0 aromatic heterocycles. The summed E-state index contributed by atoms with van der Waals surface area (Å²) in [6.45, 7) is 1.89. The van der Waals surface area contributed by atoms with Gasteiger partial charge in [-0.2, -0.15) is 0 Å². The van der Waals surface area contributed by atoms with Gasteiger partial charge in [-0.05, 0) is 25.1 Å². The molecule has 1 aliphatic rings. The quantitative estimate of drug-likeness (QED) is 0.903. The van der Waals surface area contributed by atoms with Gasteiger partial charge in [-0.15, -0.1) is 0 Å². The molecule has 0 aliphatic carbocycles. The van der Waals surface area contributed by atoms with Gasteiger partial charge in [-0.3, -0.25) is 4.72 Å². The van der Waals surface area contributed by atoms with Crippen molar-refractivity contribution >= 4 is 16.2 Å². The van der Waals surface area contributed by atoms with Crippen molar-refractivity contribution < 1.29 is 13.2 Å². The van der Waals surface area contributed by atoms with Crippen LogP contribution in [0.3, 0.4) is 0 Å². The van der Waals surface area contributed by atoms with Gasteiger partial charge in [0, 0.05) is 6.21 Å². The minimum absolute atomic E-state index is 0.126. The van der Waals surface area contributed by atoms with Crippen molar-refractivity contribution in [3.63, 3.8) is 0 Å². The molecular formula is C12H12N2O3S. The van der Waals surface area contributed by atoms with E-state index in [0.717, 1.165) is 5.56 Å². The van der Waals surface area contributed by atoms with Gasteiger partial charge < -0.3 is 4.74 Å². The standard InChI is InChI=1S/C12H12N2O3S/c1-10-3-5-11(6-4-10)18(15,16)14-12-9-17-8-2-7-13-12/h2-9,14H,1H3. The van der Waals surface area contributed by atoms with Gasteiger partial charge in [0.15, 0.2) is 5.82 Å². The third-order valence-electron chi connectivity index (χ3n) is 2.21. The first-order valence-corrected chi connectivity index (χ1v) is 6.70. The zero-order valence-corrected chi connectivity index (χ0v) is 10.5. The zero-order valence-electron chi connectivity index (χ0n) is 9.70. The number of hydrogen-bond acceptors (Lipinski definition) is 4. The zero-order chi connectivity index (χ0) is 13.0. The van der Waals surface area contributed by atoms with Crippen LogP contribution in [-0.4, -0.2) is 14.6 Å². The molecule has 0 saturated heterocycles. The second-order valence-electron chi connectivity index (χ2n) is 3.66. The second kappa shape index (κ2) is 5.05. The number of hydrogen-bond donors (Lipinski definition) is 1. The van der Waals surface area contributed by atoms with Crippen molar-refractivity contribution in [3.05, 3.63) is 54.3 Å². The first-order valence-electron chi connectivity index (χ1n) is 5.22. The first kappa shape index (κ1) is 12.4. The molecule has 2 rings (SSSR count). The monoisotopic (exact) mass is 264 g/mol. The predicted molar refractivity (Wildman–Crippen MR) is 68.3 cm³/mol. The molecule has 0 radical (unpaired) electrons. The molecule has 0 fully saturated rings. The highest BCUT2D eigenvalue weighted by Crippen LogP contribution is 2.12. The normalized spacial score (nSPS) is 14.6. The number of rotatable bonds is 3. The third kappa shape index (κ3) is 2.98. The number of allylic oxidation sites excluding steroid dienone is 1. The van der Waals surface area contributed by atoms with Gasteiger partial charge in [0.05, 0.1) is 11.2 Å². The minimum atomic E-state index is -3.63. The van der Waals surface area contributed by atoms with Crippen LogP contribution in [0.1, 0.15) is 5.56 Å². The number of aryl methyl sites for hydroxylation is 1. The molecule has 0 spiro atoms. The van der Waals surface area contributed by atoms with Crippen LogP contribution in [0, 0.1) is 6.92 Å². The fourth-order valence-corrected chi connectivity index (χ4v) is 2.29. The van der Waals surface area contributed by atoms with E-state index in [2.05, 4.69) is 9.71 Å². The Morgan fingerprint density at radius 3 is 2.67 bits per heavy atom. The molecule has 0 unspecified atom stereocenters. The summed E-state index contributed by atoms with van der Waals surface area (Å²) in [7, 11) is -3.63. The molecule has 0 saturated carbocycles. The van der Waals surface area contributed by atoms with Crippen LogP contribution in [0.25, 0.3) is 0 Å². The molecular weight excluding hydrogens is 252 g/mol. The van der Waals surface area contributed by atoms with Gasteiger partial charge in [0.2, 0.25) is 0 Å². The number of benzene rings is 1. The van der Waals surface area contributed by atoms with Crippen molar-refractivity contribution in [2.24, 2.45) is 4.99 Å². The maximum Gasteiger partial charge on any atom is 0.263 e. The molecule has 0 bridgehead atoms. The molecule has 1 heterocycles. The molecule has 1 aromatic rings.